The molecule has 0 atom stereocenters. The molecule has 0 radical (unpaired) electrons. The summed E-state index contributed by atoms with van der Waals surface area (Å²) < 4.78 is 19.6. The highest BCUT2D eigenvalue weighted by Crippen LogP contribution is 2.17. The highest BCUT2D eigenvalue weighted by Gasteiger charge is 2.15. The molecule has 0 saturated heterocycles. The largest absolute Gasteiger partial charge is 0.497 e. The van der Waals surface area contributed by atoms with Crippen LogP contribution in [0.25, 0.3) is 5.69 Å². The predicted molar refractivity (Wildman–Crippen MR) is 87.0 cm³/mol. The number of carbonyl (C=O) groups is 1. The predicted octanol–water partition coefficient (Wildman–Crippen LogP) is 2.98. The molecule has 24 heavy (non-hydrogen) atoms. The Morgan fingerprint density at radius 3 is 2.67 bits per heavy atom. The van der Waals surface area contributed by atoms with E-state index in [1.54, 1.807) is 50.4 Å². The number of ether oxygens (including phenoxy) is 1. The highest BCUT2D eigenvalue weighted by molar-refractivity contribution is 6.01. The third-order valence-electron chi connectivity index (χ3n) is 3.37. The van der Waals surface area contributed by atoms with E-state index in [1.807, 2.05) is 0 Å². The Balaban J connectivity index is 1.83. The maximum Gasteiger partial charge on any atom is 0.295 e. The zero-order chi connectivity index (χ0) is 17.1. The minimum absolute atomic E-state index is 0.0274. The number of aryl methyl sites for hydroxylation is 1. The van der Waals surface area contributed by atoms with Crippen molar-refractivity contribution in [3.63, 3.8) is 0 Å². The van der Waals surface area contributed by atoms with Crippen molar-refractivity contribution in [2.45, 2.75) is 6.92 Å². The summed E-state index contributed by atoms with van der Waals surface area (Å²) in [5, 5.41) is 6.90. The van der Waals surface area contributed by atoms with Crippen molar-refractivity contribution < 1.29 is 13.9 Å². The second-order valence-electron chi connectivity index (χ2n) is 5.06. The van der Waals surface area contributed by atoms with E-state index in [4.69, 9.17) is 4.74 Å². The van der Waals surface area contributed by atoms with Gasteiger partial charge in [-0.05, 0) is 43.3 Å². The first kappa shape index (κ1) is 15.7. The highest BCUT2D eigenvalue weighted by atomic mass is 19.1. The van der Waals surface area contributed by atoms with Gasteiger partial charge < -0.3 is 10.1 Å². The van der Waals surface area contributed by atoms with Gasteiger partial charge in [-0.3, -0.25) is 4.79 Å². The number of anilines is 1. The zero-order valence-corrected chi connectivity index (χ0v) is 13.2. The number of carbonyl (C=O) groups excluding carboxylic acids is 1. The van der Waals surface area contributed by atoms with Gasteiger partial charge in [-0.2, -0.15) is 0 Å². The van der Waals surface area contributed by atoms with E-state index >= 15 is 0 Å². The maximum absolute atomic E-state index is 13.0. The lowest BCUT2D eigenvalue weighted by Gasteiger charge is -2.05. The Hall–Kier alpha value is -3.22. The van der Waals surface area contributed by atoms with Gasteiger partial charge in [0.15, 0.2) is 0 Å². The van der Waals surface area contributed by atoms with Crippen LogP contribution in [0.1, 0.15) is 16.4 Å². The Labute approximate surface area is 137 Å². The summed E-state index contributed by atoms with van der Waals surface area (Å²) in [4.78, 5) is 16.5. The fraction of sp³-hybridized carbons (Fsp3) is 0.118. The van der Waals surface area contributed by atoms with Gasteiger partial charge in [-0.25, -0.2) is 14.1 Å². The molecule has 1 amide bonds. The normalized spacial score (nSPS) is 10.5. The van der Waals surface area contributed by atoms with E-state index in [1.165, 1.54) is 16.8 Å². The second-order valence-corrected chi connectivity index (χ2v) is 5.06. The quantitative estimate of drug-likeness (QED) is 0.800. The molecule has 0 unspecified atom stereocenters. The molecule has 7 heteroatoms. The number of nitrogens with one attached hydrogen (secondary N) is 1. The molecule has 0 fully saturated rings. The van der Waals surface area contributed by atoms with Gasteiger partial charge >= 0.3 is 0 Å². The molecule has 6 nitrogen and oxygen atoms in total. The first-order valence-corrected chi connectivity index (χ1v) is 7.22. The molecule has 3 aromatic rings. The van der Waals surface area contributed by atoms with Gasteiger partial charge in [-0.1, -0.05) is 6.07 Å². The Kier molecular flexibility index (Phi) is 4.24. The number of benzene rings is 2. The summed E-state index contributed by atoms with van der Waals surface area (Å²) in [5.41, 5.74) is 1.21. The van der Waals surface area contributed by atoms with Crippen LogP contribution in [-0.4, -0.2) is 27.8 Å². The average molecular weight is 326 g/mol. The van der Waals surface area contributed by atoms with E-state index < -0.39 is 5.91 Å². The van der Waals surface area contributed by atoms with Crippen LogP contribution in [0.4, 0.5) is 10.1 Å². The lowest BCUT2D eigenvalue weighted by atomic mass is 10.3. The molecule has 0 aliphatic carbocycles. The van der Waals surface area contributed by atoms with Crippen molar-refractivity contribution in [3.05, 3.63) is 66.0 Å². The molecule has 1 N–H and O–H groups in total. The van der Waals surface area contributed by atoms with Crippen LogP contribution in [0.3, 0.4) is 0 Å². The fourth-order valence-corrected chi connectivity index (χ4v) is 2.20. The number of aromatic nitrogens is 3. The van der Waals surface area contributed by atoms with Gasteiger partial charge in [0, 0.05) is 11.8 Å². The van der Waals surface area contributed by atoms with Crippen molar-refractivity contribution in [3.8, 4) is 11.4 Å². The summed E-state index contributed by atoms with van der Waals surface area (Å²) in [5.74, 6) is 0.408. The van der Waals surface area contributed by atoms with Crippen molar-refractivity contribution in [2.24, 2.45) is 0 Å². The molecular weight excluding hydrogens is 311 g/mol. The summed E-state index contributed by atoms with van der Waals surface area (Å²) in [6.07, 6.45) is 0. The van der Waals surface area contributed by atoms with Crippen molar-refractivity contribution >= 4 is 11.6 Å². The molecule has 0 bridgehead atoms. The van der Waals surface area contributed by atoms with E-state index in [0.29, 0.717) is 22.9 Å². The molecule has 0 spiro atoms. The third-order valence-corrected chi connectivity index (χ3v) is 3.37. The topological polar surface area (TPSA) is 69.0 Å². The first-order chi connectivity index (χ1) is 11.6. The molecule has 122 valence electrons. The lowest BCUT2D eigenvalue weighted by Crippen LogP contribution is -2.14. The van der Waals surface area contributed by atoms with Gasteiger partial charge in [-0.15, -0.1) is 5.10 Å². The monoisotopic (exact) mass is 326 g/mol. The molecule has 0 aliphatic heterocycles. The average Bonchev–Trinajstić information content (AvgIpc) is 2.98. The molecule has 0 saturated carbocycles. The van der Waals surface area contributed by atoms with E-state index in [-0.39, 0.29) is 11.6 Å². The number of nitrogens with zero attached hydrogens (tertiary/aromatic N) is 3. The van der Waals surface area contributed by atoms with Gasteiger partial charge in [0.05, 0.1) is 12.8 Å². The number of halogens is 1. The Bertz CT molecular complexity index is 875. The van der Waals surface area contributed by atoms with Crippen LogP contribution in [-0.2, 0) is 0 Å². The van der Waals surface area contributed by atoms with Gasteiger partial charge in [0.25, 0.3) is 5.91 Å². The SMILES string of the molecule is COc1cccc(NC(=O)c2nc(C)n(-c3ccc(F)cc3)n2)c1. The number of hydrogen-bond donors (Lipinski definition) is 1. The van der Waals surface area contributed by atoms with Gasteiger partial charge in [0.2, 0.25) is 5.82 Å². The van der Waals surface area contributed by atoms with Crippen molar-refractivity contribution in [1.82, 2.24) is 14.8 Å². The minimum Gasteiger partial charge on any atom is -0.497 e. The molecule has 0 aliphatic rings. The van der Waals surface area contributed by atoms with Crippen LogP contribution in [0.2, 0.25) is 0 Å². The number of rotatable bonds is 4. The maximum atomic E-state index is 13.0. The Morgan fingerprint density at radius 1 is 1.21 bits per heavy atom. The van der Waals surface area contributed by atoms with Crippen molar-refractivity contribution in [1.29, 1.82) is 0 Å². The van der Waals surface area contributed by atoms with Crippen LogP contribution in [0.15, 0.2) is 48.5 Å². The molecule has 2 aromatic carbocycles. The Morgan fingerprint density at radius 2 is 1.96 bits per heavy atom. The number of amides is 1. The summed E-state index contributed by atoms with van der Waals surface area (Å²) in [6.45, 7) is 1.72. The molecule has 1 aromatic heterocycles. The molecule has 3 rings (SSSR count). The third kappa shape index (κ3) is 3.24. The zero-order valence-electron chi connectivity index (χ0n) is 13.2. The van der Waals surface area contributed by atoms with E-state index in [9.17, 15) is 9.18 Å². The molecular formula is C17H15FN4O2. The second kappa shape index (κ2) is 6.49. The van der Waals surface area contributed by atoms with Crippen LogP contribution >= 0.6 is 0 Å². The van der Waals surface area contributed by atoms with Crippen LogP contribution < -0.4 is 10.1 Å². The summed E-state index contributed by atoms with van der Waals surface area (Å²) in [6, 6.07) is 12.8. The summed E-state index contributed by atoms with van der Waals surface area (Å²) >= 11 is 0. The van der Waals surface area contributed by atoms with Crippen LogP contribution in [0, 0.1) is 12.7 Å². The smallest absolute Gasteiger partial charge is 0.295 e. The van der Waals surface area contributed by atoms with E-state index in [0.717, 1.165) is 0 Å². The number of methoxy groups -OCH3 is 1. The molecule has 1 heterocycles. The summed E-state index contributed by atoms with van der Waals surface area (Å²) in [7, 11) is 1.55. The van der Waals surface area contributed by atoms with Gasteiger partial charge in [0.1, 0.15) is 17.4 Å². The fourth-order valence-electron chi connectivity index (χ4n) is 2.20. The minimum atomic E-state index is -0.438. The van der Waals surface area contributed by atoms with Crippen molar-refractivity contribution in [2.75, 3.05) is 12.4 Å². The van der Waals surface area contributed by atoms with Crippen LogP contribution in [0.5, 0.6) is 5.75 Å². The lowest BCUT2D eigenvalue weighted by molar-refractivity contribution is 0.101. The standard InChI is InChI=1S/C17H15FN4O2/c1-11-19-16(21-22(11)14-8-6-12(18)7-9-14)17(23)20-13-4-3-5-15(10-13)24-2/h3-10H,1-2H3,(H,20,23). The first-order valence-electron chi connectivity index (χ1n) is 7.22. The number of hydrogen-bond acceptors (Lipinski definition) is 4. The van der Waals surface area contributed by atoms with E-state index in [2.05, 4.69) is 15.4 Å².